The summed E-state index contributed by atoms with van der Waals surface area (Å²) < 4.78 is 10.6. The third-order valence-corrected chi connectivity index (χ3v) is 10.8. The maximum absolute atomic E-state index is 12.9. The fourth-order valence-electron chi connectivity index (χ4n) is 7.03. The van der Waals surface area contributed by atoms with E-state index >= 15 is 0 Å². The number of benzene rings is 2. The molecule has 2 aliphatic heterocycles. The van der Waals surface area contributed by atoms with Crippen molar-refractivity contribution in [3.05, 3.63) is 106 Å². The number of nitrogens with two attached hydrogens (primary N) is 2. The number of amides is 4. The van der Waals surface area contributed by atoms with Gasteiger partial charge in [-0.3, -0.25) is 40.0 Å². The minimum Gasteiger partial charge on any atom is -0.388 e. The third kappa shape index (κ3) is 16.5. The number of carbonyl (C=O) groups excluding carboxylic acids is 4. The molecule has 4 amide bonds. The quantitative estimate of drug-likeness (QED) is 0.0728. The Morgan fingerprint density at radius 2 is 1.05 bits per heavy atom. The van der Waals surface area contributed by atoms with Crippen molar-refractivity contribution in [2.45, 2.75) is 64.5 Å². The monoisotopic (exact) mass is 884 g/mol. The highest BCUT2D eigenvalue weighted by Gasteiger charge is 2.27. The Bertz CT molecular complexity index is 2050. The number of carbonyl (C=O) groups is 4. The van der Waals surface area contributed by atoms with Crippen LogP contribution in [0.4, 0.5) is 0 Å². The van der Waals surface area contributed by atoms with Crippen LogP contribution in [0.1, 0.15) is 63.5 Å². The molecule has 0 aromatic heterocycles. The lowest BCUT2D eigenvalue weighted by atomic mass is 10.0. The molecule has 0 radical (unpaired) electrons. The summed E-state index contributed by atoms with van der Waals surface area (Å²) in [4.78, 5) is 59.9. The van der Waals surface area contributed by atoms with Crippen LogP contribution >= 0.6 is 11.6 Å². The fourth-order valence-corrected chi connectivity index (χ4v) is 7.16. The first-order valence-corrected chi connectivity index (χ1v) is 21.8. The first kappa shape index (κ1) is 48.4. The van der Waals surface area contributed by atoms with Crippen molar-refractivity contribution in [1.82, 2.24) is 31.5 Å². The van der Waals surface area contributed by atoms with E-state index in [1.807, 2.05) is 82.8 Å². The number of ether oxygens (including phenoxy) is 2. The molecule has 0 saturated carbocycles. The van der Waals surface area contributed by atoms with Crippen molar-refractivity contribution in [2.75, 3.05) is 65.7 Å². The highest BCUT2D eigenvalue weighted by molar-refractivity contribution is 6.30. The van der Waals surface area contributed by atoms with Gasteiger partial charge in [0.05, 0.1) is 38.1 Å². The lowest BCUT2D eigenvalue weighted by molar-refractivity contribution is -0.133. The number of hydrogen-bond acceptors (Lipinski definition) is 10. The van der Waals surface area contributed by atoms with Crippen LogP contribution in [-0.4, -0.2) is 123 Å². The molecule has 0 bridgehead atoms. The number of aliphatic imine (C=N–C) groups is 2. The number of nitrogens with zero attached hydrogens (tertiary/aromatic N) is 4. The number of morpholine rings is 2. The van der Waals surface area contributed by atoms with E-state index in [1.54, 1.807) is 19.9 Å². The van der Waals surface area contributed by atoms with Crippen molar-refractivity contribution in [3.63, 3.8) is 0 Å². The van der Waals surface area contributed by atoms with E-state index in [9.17, 15) is 19.2 Å². The predicted octanol–water partition coefficient (Wildman–Crippen LogP) is 3.46. The summed E-state index contributed by atoms with van der Waals surface area (Å²) in [6, 6.07) is 16.2. The minimum absolute atomic E-state index is 0.220. The third-order valence-electron chi connectivity index (χ3n) is 10.5. The molecule has 6 rings (SSSR count). The molecular weight excluding hydrogens is 824 g/mol. The van der Waals surface area contributed by atoms with Crippen LogP contribution in [0.3, 0.4) is 0 Å². The fraction of sp³-hybridized carbons (Fsp3) is 0.435. The second kappa shape index (κ2) is 25.5. The molecule has 338 valence electrons. The maximum Gasteiger partial charge on any atom is 0.256 e. The maximum atomic E-state index is 12.9. The smallest absolute Gasteiger partial charge is 0.256 e. The van der Waals surface area contributed by atoms with Gasteiger partial charge in [0.1, 0.15) is 12.1 Å². The van der Waals surface area contributed by atoms with Gasteiger partial charge in [-0.25, -0.2) is 10.0 Å². The summed E-state index contributed by atoms with van der Waals surface area (Å²) in [6.45, 7) is 9.22. The highest BCUT2D eigenvalue weighted by atomic mass is 35.5. The Hall–Kier alpha value is -5.65. The van der Waals surface area contributed by atoms with Gasteiger partial charge in [-0.05, 0) is 73.9 Å². The lowest BCUT2D eigenvalue weighted by Crippen LogP contribution is -2.55. The first-order valence-electron chi connectivity index (χ1n) is 21.5. The van der Waals surface area contributed by atoms with Crippen LogP contribution in [0.2, 0.25) is 5.02 Å². The predicted molar refractivity (Wildman–Crippen MR) is 247 cm³/mol. The van der Waals surface area contributed by atoms with Gasteiger partial charge in [0.15, 0.2) is 0 Å². The van der Waals surface area contributed by atoms with Crippen molar-refractivity contribution >= 4 is 58.0 Å². The molecular formula is C46H61ClN10O6. The van der Waals surface area contributed by atoms with E-state index in [1.165, 1.54) is 0 Å². The molecule has 16 nitrogen and oxygen atoms in total. The Morgan fingerprint density at radius 3 is 1.46 bits per heavy atom. The molecule has 4 aliphatic rings. The van der Waals surface area contributed by atoms with Crippen molar-refractivity contribution in [2.24, 2.45) is 21.5 Å². The van der Waals surface area contributed by atoms with E-state index in [0.29, 0.717) is 132 Å². The lowest BCUT2D eigenvalue weighted by Gasteiger charge is -2.29. The number of hydrogen-bond donors (Lipinski definition) is 6. The Kier molecular flexibility index (Phi) is 19.6. The van der Waals surface area contributed by atoms with Gasteiger partial charge in [-0.2, -0.15) is 0 Å². The van der Waals surface area contributed by atoms with Gasteiger partial charge in [-0.15, -0.1) is 0 Å². The molecule has 2 aromatic rings. The number of halogens is 1. The molecule has 2 fully saturated rings. The van der Waals surface area contributed by atoms with Gasteiger partial charge in [-0.1, -0.05) is 78.4 Å². The zero-order valence-electron chi connectivity index (χ0n) is 36.2. The van der Waals surface area contributed by atoms with Crippen LogP contribution < -0.4 is 33.0 Å². The van der Waals surface area contributed by atoms with E-state index in [4.69, 9.17) is 32.5 Å². The number of nitrogens with one attached hydrogen (secondary N) is 4. The van der Waals surface area contributed by atoms with Gasteiger partial charge in [0.2, 0.25) is 11.8 Å². The number of amidine groups is 2. The summed E-state index contributed by atoms with van der Waals surface area (Å²) in [5, 5.41) is 10.1. The van der Waals surface area contributed by atoms with Crippen LogP contribution in [0.25, 0.3) is 11.1 Å². The molecule has 63 heavy (non-hydrogen) atoms. The second-order valence-corrected chi connectivity index (χ2v) is 16.0. The van der Waals surface area contributed by atoms with Crippen LogP contribution in [-0.2, 0) is 28.7 Å². The van der Waals surface area contributed by atoms with Crippen molar-refractivity contribution in [1.29, 1.82) is 0 Å². The average molecular weight is 886 g/mol. The Labute approximate surface area is 374 Å². The average Bonchev–Trinajstić information content (AvgIpc) is 3.99. The number of allylic oxidation sites excluding steroid dienone is 6. The summed E-state index contributed by atoms with van der Waals surface area (Å²) in [6.07, 6.45) is 10.8. The molecule has 8 N–H and O–H groups in total. The topological polar surface area (TPSA) is 218 Å². The molecule has 2 atom stereocenters. The van der Waals surface area contributed by atoms with Gasteiger partial charge < -0.3 is 31.6 Å². The molecule has 2 saturated heterocycles. The molecule has 2 aromatic carbocycles. The molecule has 2 aliphatic carbocycles. The van der Waals surface area contributed by atoms with Gasteiger partial charge in [0, 0.05) is 68.3 Å². The van der Waals surface area contributed by atoms with E-state index < -0.39 is 12.1 Å². The molecule has 2 unspecified atom stereocenters. The second-order valence-electron chi connectivity index (χ2n) is 15.5. The van der Waals surface area contributed by atoms with Crippen molar-refractivity contribution < 1.29 is 28.7 Å². The number of hydrazine groups is 2. The largest absolute Gasteiger partial charge is 0.388 e. The summed E-state index contributed by atoms with van der Waals surface area (Å²) >= 11 is 5.96. The number of rotatable bonds is 18. The van der Waals surface area contributed by atoms with E-state index in [0.717, 1.165) is 22.3 Å². The zero-order valence-corrected chi connectivity index (χ0v) is 37.0. The molecule has 17 heteroatoms. The van der Waals surface area contributed by atoms with Gasteiger partial charge >= 0.3 is 0 Å². The normalized spacial score (nSPS) is 18.1. The van der Waals surface area contributed by atoms with Crippen LogP contribution in [0.15, 0.2) is 100 Å². The summed E-state index contributed by atoms with van der Waals surface area (Å²) in [5.41, 5.74) is 22.5. The van der Waals surface area contributed by atoms with E-state index in [2.05, 4.69) is 31.5 Å². The summed E-state index contributed by atoms with van der Waals surface area (Å²) in [7, 11) is 0. The zero-order chi connectivity index (χ0) is 45.0. The SMILES string of the molecule is CC(N)=NCCCC(NC(=O)C1=CC=C(c2ccc(Cl)cc2)C1)C(=O)NN1CCOCC1.CC(N)=NCCCC(NC(=O)C1=CC=C(c2ccccc2)C1)C(=O)NN1CCOCC1. The van der Waals surface area contributed by atoms with Crippen LogP contribution in [0.5, 0.6) is 0 Å². The Morgan fingerprint density at radius 1 is 0.635 bits per heavy atom. The first-order chi connectivity index (χ1) is 30.4. The van der Waals surface area contributed by atoms with Gasteiger partial charge in [0.25, 0.3) is 11.8 Å². The highest BCUT2D eigenvalue weighted by Crippen LogP contribution is 2.30. The van der Waals surface area contributed by atoms with Crippen molar-refractivity contribution in [3.8, 4) is 0 Å². The standard InChI is InChI=1S/C23H30ClN5O3.C23H31N5O3/c1-16(25)26-10-2-3-21(23(31)28-29-11-13-32-14-12-29)27-22(30)19-5-4-18(15-19)17-6-8-20(24)9-7-17;1-17(24)25-11-5-8-21(23(30)27-28-12-14-31-15-13-28)26-22(29)20-10-9-19(16-20)18-6-3-2-4-7-18/h4-9,21H,2-3,10-15H2,1H3,(H2,25,26)(H,27,30)(H,28,31);2-4,6-7,9-10,21H,5,8,11-16H2,1H3,(H2,24,25)(H,26,29)(H,27,30). The molecule has 2 heterocycles. The molecule has 0 spiro atoms. The van der Waals surface area contributed by atoms with E-state index in [-0.39, 0.29) is 23.6 Å². The minimum atomic E-state index is -0.667. The summed E-state index contributed by atoms with van der Waals surface area (Å²) in [5.74, 6) is 0.0830. The Balaban J connectivity index is 0.000000238. The van der Waals surface area contributed by atoms with Crippen LogP contribution in [0, 0.1) is 0 Å².